The van der Waals surface area contributed by atoms with E-state index in [1.54, 1.807) is 6.07 Å². The van der Waals surface area contributed by atoms with Crippen molar-refractivity contribution in [3.8, 4) is 5.75 Å². The lowest BCUT2D eigenvalue weighted by Gasteiger charge is -2.32. The average molecular weight is 512 g/mol. The molecule has 2 aliphatic rings. The van der Waals surface area contributed by atoms with Crippen LogP contribution in [0.1, 0.15) is 42.7 Å². The summed E-state index contributed by atoms with van der Waals surface area (Å²) in [4.78, 5) is 3.95. The summed E-state index contributed by atoms with van der Waals surface area (Å²) in [5.74, 6) is -5.23. The Labute approximate surface area is 202 Å². The van der Waals surface area contributed by atoms with Crippen molar-refractivity contribution in [2.45, 2.75) is 44.5 Å². The van der Waals surface area contributed by atoms with E-state index < -0.39 is 34.3 Å². The molecule has 186 valence electrons. The van der Waals surface area contributed by atoms with Crippen molar-refractivity contribution in [2.75, 3.05) is 13.2 Å². The van der Waals surface area contributed by atoms with Crippen molar-refractivity contribution in [3.63, 3.8) is 0 Å². The Balaban J connectivity index is 1.31. The van der Waals surface area contributed by atoms with Crippen molar-refractivity contribution in [1.82, 2.24) is 4.98 Å². The van der Waals surface area contributed by atoms with Gasteiger partial charge in [0, 0.05) is 18.1 Å². The van der Waals surface area contributed by atoms with Gasteiger partial charge in [-0.2, -0.15) is 8.78 Å². The highest BCUT2D eigenvalue weighted by molar-refractivity contribution is 7.18. The molecule has 0 amide bonds. The maximum atomic E-state index is 14.7. The predicted molar refractivity (Wildman–Crippen MR) is 120 cm³/mol. The van der Waals surface area contributed by atoms with Crippen LogP contribution in [0.15, 0.2) is 42.0 Å². The molecule has 3 aromatic rings. The summed E-state index contributed by atoms with van der Waals surface area (Å²) in [5, 5.41) is -0.665. The molecule has 4 nitrogen and oxygen atoms in total. The number of ether oxygens (including phenoxy) is 3. The van der Waals surface area contributed by atoms with E-state index in [0.29, 0.717) is 41.5 Å². The number of fused-ring (bicyclic) bond motifs is 1. The van der Waals surface area contributed by atoms with Crippen molar-refractivity contribution >= 4 is 21.6 Å². The standard InChI is InChI=1S/C25H22F5NO3S/c1-13-11-32-23(33-12-13)15-4-2-14(3-5-15)16-6-7-20-21(8-16)35-24(31-20)25(29,30)34-17-9-18(26)22(28)19(27)10-17/h4,6-10,13-14,23H,2-3,5,11-12H2,1H3. The van der Waals surface area contributed by atoms with Crippen LogP contribution in [-0.2, 0) is 15.6 Å². The minimum Gasteiger partial charge on any atom is -0.427 e. The van der Waals surface area contributed by atoms with Crippen LogP contribution in [0, 0.1) is 23.4 Å². The quantitative estimate of drug-likeness (QED) is 0.209. The van der Waals surface area contributed by atoms with Crippen LogP contribution in [0.3, 0.4) is 0 Å². The molecule has 1 atom stereocenters. The highest BCUT2D eigenvalue weighted by Crippen LogP contribution is 2.40. The highest BCUT2D eigenvalue weighted by Gasteiger charge is 2.39. The minimum atomic E-state index is -3.96. The van der Waals surface area contributed by atoms with Crippen LogP contribution in [-0.4, -0.2) is 24.5 Å². The molecule has 1 aliphatic carbocycles. The maximum Gasteiger partial charge on any atom is 0.454 e. The number of alkyl halides is 2. The molecule has 1 aliphatic heterocycles. The molecule has 0 N–H and O–H groups in total. The Morgan fingerprint density at radius 2 is 1.77 bits per heavy atom. The fraction of sp³-hybridized carbons (Fsp3) is 0.400. The van der Waals surface area contributed by atoms with Crippen molar-refractivity contribution in [1.29, 1.82) is 0 Å². The van der Waals surface area contributed by atoms with Crippen LogP contribution >= 0.6 is 11.3 Å². The number of nitrogens with zero attached hydrogens (tertiary/aromatic N) is 1. The Hall–Kier alpha value is -2.56. The third-order valence-corrected chi connectivity index (χ3v) is 7.22. The number of hydrogen-bond donors (Lipinski definition) is 0. The second-order valence-corrected chi connectivity index (χ2v) is 9.95. The molecule has 10 heteroatoms. The van der Waals surface area contributed by atoms with E-state index in [0.717, 1.165) is 41.7 Å². The van der Waals surface area contributed by atoms with Crippen molar-refractivity contribution in [3.05, 3.63) is 70.0 Å². The molecule has 2 aromatic carbocycles. The summed E-state index contributed by atoms with van der Waals surface area (Å²) < 4.78 is 85.9. The molecule has 0 saturated carbocycles. The number of aromatic nitrogens is 1. The molecule has 1 fully saturated rings. The van der Waals surface area contributed by atoms with E-state index in [4.69, 9.17) is 9.47 Å². The number of allylic oxidation sites excluding steroid dienone is 1. The van der Waals surface area contributed by atoms with Crippen LogP contribution < -0.4 is 4.74 Å². The second-order valence-electron chi connectivity index (χ2n) is 8.92. The van der Waals surface area contributed by atoms with E-state index in [9.17, 15) is 22.0 Å². The molecule has 0 spiro atoms. The van der Waals surface area contributed by atoms with Crippen LogP contribution in [0.25, 0.3) is 10.2 Å². The van der Waals surface area contributed by atoms with E-state index in [1.807, 2.05) is 12.1 Å². The number of thiazole rings is 1. The Morgan fingerprint density at radius 3 is 2.43 bits per heavy atom. The molecule has 1 unspecified atom stereocenters. The van der Waals surface area contributed by atoms with Gasteiger partial charge in [-0.1, -0.05) is 19.1 Å². The number of halogens is 5. The predicted octanol–water partition coefficient (Wildman–Crippen LogP) is 7.04. The van der Waals surface area contributed by atoms with Gasteiger partial charge in [-0.05, 0) is 48.4 Å². The Kier molecular flexibility index (Phi) is 6.54. The zero-order chi connectivity index (χ0) is 24.7. The first kappa shape index (κ1) is 24.1. The monoisotopic (exact) mass is 511 g/mol. The fourth-order valence-corrected chi connectivity index (χ4v) is 5.21. The smallest absolute Gasteiger partial charge is 0.427 e. The third kappa shape index (κ3) is 5.05. The van der Waals surface area contributed by atoms with Gasteiger partial charge >= 0.3 is 6.11 Å². The zero-order valence-corrected chi connectivity index (χ0v) is 19.5. The zero-order valence-electron chi connectivity index (χ0n) is 18.7. The van der Waals surface area contributed by atoms with Gasteiger partial charge in [0.2, 0.25) is 5.01 Å². The molecule has 1 saturated heterocycles. The van der Waals surface area contributed by atoms with Gasteiger partial charge in [-0.15, -0.1) is 11.3 Å². The number of hydrogen-bond acceptors (Lipinski definition) is 5. The highest BCUT2D eigenvalue weighted by atomic mass is 32.1. The molecule has 1 aromatic heterocycles. The van der Waals surface area contributed by atoms with Gasteiger partial charge < -0.3 is 14.2 Å². The van der Waals surface area contributed by atoms with Gasteiger partial charge in [0.05, 0.1) is 23.4 Å². The summed E-state index contributed by atoms with van der Waals surface area (Å²) in [6.45, 7) is 3.43. The number of rotatable bonds is 5. The van der Waals surface area contributed by atoms with Gasteiger partial charge in [-0.3, -0.25) is 0 Å². The van der Waals surface area contributed by atoms with Gasteiger partial charge in [0.15, 0.2) is 23.7 Å². The van der Waals surface area contributed by atoms with E-state index >= 15 is 0 Å². The molecule has 0 bridgehead atoms. The largest absolute Gasteiger partial charge is 0.454 e. The summed E-state index contributed by atoms with van der Waals surface area (Å²) in [7, 11) is 0. The molecule has 2 heterocycles. The average Bonchev–Trinajstić information content (AvgIpc) is 3.28. The Morgan fingerprint density at radius 1 is 1.06 bits per heavy atom. The molecular formula is C25H22F5NO3S. The van der Waals surface area contributed by atoms with Crippen LogP contribution in [0.5, 0.6) is 5.75 Å². The van der Waals surface area contributed by atoms with Crippen LogP contribution in [0.4, 0.5) is 22.0 Å². The normalized spacial score (nSPS) is 23.4. The summed E-state index contributed by atoms with van der Waals surface area (Å²) in [5.41, 5.74) is 2.51. The van der Waals surface area contributed by atoms with Crippen LogP contribution in [0.2, 0.25) is 0 Å². The molecular weight excluding hydrogens is 489 g/mol. The SMILES string of the molecule is CC1COC(C2=CCC(c3ccc4nc(C(F)(F)Oc5cc(F)c(F)c(F)c5)sc4c3)CC2)OC1. The summed E-state index contributed by atoms with van der Waals surface area (Å²) in [6, 6.07) is 6.11. The minimum absolute atomic E-state index is 0.220. The first-order chi connectivity index (χ1) is 16.7. The summed E-state index contributed by atoms with van der Waals surface area (Å²) in [6.07, 6.45) is 0.381. The molecule has 5 rings (SSSR count). The molecule has 0 radical (unpaired) electrons. The van der Waals surface area contributed by atoms with E-state index in [-0.39, 0.29) is 12.2 Å². The van der Waals surface area contributed by atoms with Crippen molar-refractivity contribution in [2.24, 2.45) is 5.92 Å². The maximum absolute atomic E-state index is 14.7. The lowest BCUT2D eigenvalue weighted by molar-refractivity contribution is -0.185. The van der Waals surface area contributed by atoms with E-state index in [2.05, 4.69) is 22.7 Å². The summed E-state index contributed by atoms with van der Waals surface area (Å²) >= 11 is 0.734. The van der Waals surface area contributed by atoms with Crippen molar-refractivity contribution < 1.29 is 36.2 Å². The lowest BCUT2D eigenvalue weighted by Crippen LogP contribution is -2.32. The lowest BCUT2D eigenvalue weighted by atomic mass is 9.84. The topological polar surface area (TPSA) is 40.6 Å². The van der Waals surface area contributed by atoms with Gasteiger partial charge in [0.1, 0.15) is 5.75 Å². The van der Waals surface area contributed by atoms with E-state index in [1.165, 1.54) is 0 Å². The van der Waals surface area contributed by atoms with Gasteiger partial charge in [0.25, 0.3) is 0 Å². The number of benzene rings is 2. The Bertz CT molecular complexity index is 1250. The second kappa shape index (κ2) is 9.48. The fourth-order valence-electron chi connectivity index (χ4n) is 4.29. The molecule has 35 heavy (non-hydrogen) atoms. The first-order valence-corrected chi connectivity index (χ1v) is 12.1. The first-order valence-electron chi connectivity index (χ1n) is 11.2. The third-order valence-electron chi connectivity index (χ3n) is 6.15. The van der Waals surface area contributed by atoms with Gasteiger partial charge in [-0.25, -0.2) is 18.2 Å².